The van der Waals surface area contributed by atoms with E-state index in [2.05, 4.69) is 36.4 Å². The van der Waals surface area contributed by atoms with Gasteiger partial charge < -0.3 is 4.90 Å². The van der Waals surface area contributed by atoms with Gasteiger partial charge in [0.2, 0.25) is 0 Å². The molecule has 0 N–H and O–H groups in total. The van der Waals surface area contributed by atoms with E-state index in [4.69, 9.17) is 5.26 Å². The van der Waals surface area contributed by atoms with Gasteiger partial charge in [0, 0.05) is 24.4 Å². The first-order chi connectivity index (χ1) is 6.24. The van der Waals surface area contributed by atoms with Crippen molar-refractivity contribution < 1.29 is 0 Å². The Kier molecular flexibility index (Phi) is 3.94. The second-order valence-corrected chi connectivity index (χ2v) is 4.17. The second kappa shape index (κ2) is 5.00. The molecule has 1 aromatic heterocycles. The molecule has 0 aliphatic rings. The molecular formula is C10H14N2S. The maximum atomic E-state index is 8.42. The van der Waals surface area contributed by atoms with Crippen molar-refractivity contribution in [2.45, 2.75) is 19.9 Å². The Balaban J connectivity index is 2.41. The molecule has 0 amide bonds. The lowest BCUT2D eigenvalue weighted by Crippen LogP contribution is -2.18. The fourth-order valence-electron chi connectivity index (χ4n) is 1.13. The molecule has 0 saturated heterocycles. The average molecular weight is 194 g/mol. The van der Waals surface area contributed by atoms with Gasteiger partial charge in [-0.3, -0.25) is 0 Å². The van der Waals surface area contributed by atoms with Gasteiger partial charge in [-0.05, 0) is 31.0 Å². The summed E-state index contributed by atoms with van der Waals surface area (Å²) < 4.78 is 0. The summed E-state index contributed by atoms with van der Waals surface area (Å²) in [7, 11) is 2.05. The molecule has 0 aliphatic carbocycles. The quantitative estimate of drug-likeness (QED) is 0.736. The molecule has 0 radical (unpaired) electrons. The highest BCUT2D eigenvalue weighted by Crippen LogP contribution is 2.16. The van der Waals surface area contributed by atoms with Crippen LogP contribution < -0.4 is 0 Å². The van der Waals surface area contributed by atoms with Gasteiger partial charge in [-0.25, -0.2) is 0 Å². The topological polar surface area (TPSA) is 27.0 Å². The first-order valence-electron chi connectivity index (χ1n) is 4.32. The lowest BCUT2D eigenvalue weighted by molar-refractivity contribution is 0.337. The normalized spacial score (nSPS) is 10.3. The minimum atomic E-state index is 0.612. The fraction of sp³-hybridized carbons (Fsp3) is 0.500. The van der Waals surface area contributed by atoms with Crippen molar-refractivity contribution in [3.8, 4) is 6.07 Å². The molecule has 0 aliphatic heterocycles. The van der Waals surface area contributed by atoms with Gasteiger partial charge in [0.05, 0.1) is 6.07 Å². The smallest absolute Gasteiger partial charge is 0.0635 e. The lowest BCUT2D eigenvalue weighted by Gasteiger charge is -2.13. The molecule has 1 aromatic rings. The molecule has 0 unspecified atom stereocenters. The summed E-state index contributed by atoms with van der Waals surface area (Å²) in [6.07, 6.45) is 0.612. The molecule has 70 valence electrons. The van der Waals surface area contributed by atoms with Crippen LogP contribution >= 0.6 is 11.3 Å². The van der Waals surface area contributed by atoms with Gasteiger partial charge in [0.25, 0.3) is 0 Å². The molecule has 1 heterocycles. The minimum Gasteiger partial charge on any atom is -0.300 e. The van der Waals surface area contributed by atoms with E-state index in [0.29, 0.717) is 6.42 Å². The predicted octanol–water partition coefficient (Wildman–Crippen LogP) is 2.40. The zero-order valence-electron chi connectivity index (χ0n) is 8.08. The van der Waals surface area contributed by atoms with Crippen LogP contribution in [0.3, 0.4) is 0 Å². The summed E-state index contributed by atoms with van der Waals surface area (Å²) in [4.78, 5) is 3.59. The average Bonchev–Trinajstić information content (AvgIpc) is 2.48. The van der Waals surface area contributed by atoms with E-state index in [1.165, 1.54) is 10.4 Å². The molecule has 13 heavy (non-hydrogen) atoms. The summed E-state index contributed by atoms with van der Waals surface area (Å²) in [5, 5.41) is 10.5. The first-order valence-corrected chi connectivity index (χ1v) is 5.20. The summed E-state index contributed by atoms with van der Waals surface area (Å²) in [5.41, 5.74) is 1.36. The van der Waals surface area contributed by atoms with Gasteiger partial charge in [-0.2, -0.15) is 5.26 Å². The van der Waals surface area contributed by atoms with E-state index in [-0.39, 0.29) is 0 Å². The number of hydrogen-bond donors (Lipinski definition) is 0. The van der Waals surface area contributed by atoms with Gasteiger partial charge in [-0.15, -0.1) is 11.3 Å². The SMILES string of the molecule is Cc1ccsc1CN(C)CCC#N. The largest absolute Gasteiger partial charge is 0.300 e. The van der Waals surface area contributed by atoms with Crippen LogP contribution in [0.4, 0.5) is 0 Å². The Labute approximate surface area is 83.4 Å². The third-order valence-electron chi connectivity index (χ3n) is 1.99. The third-order valence-corrected chi connectivity index (χ3v) is 2.99. The predicted molar refractivity (Wildman–Crippen MR) is 55.6 cm³/mol. The molecule has 3 heteroatoms. The number of hydrogen-bond acceptors (Lipinski definition) is 3. The number of rotatable bonds is 4. The molecule has 0 saturated carbocycles. The van der Waals surface area contributed by atoms with Crippen molar-refractivity contribution in [2.24, 2.45) is 0 Å². The summed E-state index contributed by atoms with van der Waals surface area (Å²) in [6.45, 7) is 3.95. The molecular weight excluding hydrogens is 180 g/mol. The van der Waals surface area contributed by atoms with Crippen LogP contribution in [0.25, 0.3) is 0 Å². The number of thiophene rings is 1. The molecule has 0 aromatic carbocycles. The summed E-state index contributed by atoms with van der Waals surface area (Å²) in [5.74, 6) is 0. The van der Waals surface area contributed by atoms with Crippen LogP contribution in [0.2, 0.25) is 0 Å². The number of aryl methyl sites for hydroxylation is 1. The van der Waals surface area contributed by atoms with E-state index >= 15 is 0 Å². The van der Waals surface area contributed by atoms with Gasteiger partial charge >= 0.3 is 0 Å². The fourth-order valence-corrected chi connectivity index (χ4v) is 2.12. The molecule has 1 rings (SSSR count). The van der Waals surface area contributed by atoms with Gasteiger partial charge in [0.15, 0.2) is 0 Å². The maximum absolute atomic E-state index is 8.42. The Morgan fingerprint density at radius 3 is 2.92 bits per heavy atom. The standard InChI is InChI=1S/C10H14N2S/c1-9-4-7-13-10(9)8-12(2)6-3-5-11/h4,7H,3,6,8H2,1-2H3. The number of nitrogens with zero attached hydrogens (tertiary/aromatic N) is 2. The molecule has 0 atom stereocenters. The van der Waals surface area contributed by atoms with Crippen molar-refractivity contribution in [1.29, 1.82) is 5.26 Å². The highest BCUT2D eigenvalue weighted by atomic mass is 32.1. The van der Waals surface area contributed by atoms with Crippen molar-refractivity contribution in [3.05, 3.63) is 21.9 Å². The van der Waals surface area contributed by atoms with Gasteiger partial charge in [0.1, 0.15) is 0 Å². The van der Waals surface area contributed by atoms with E-state index in [0.717, 1.165) is 13.1 Å². The molecule has 0 spiro atoms. The molecule has 0 bridgehead atoms. The highest BCUT2D eigenvalue weighted by molar-refractivity contribution is 7.10. The van der Waals surface area contributed by atoms with Crippen LogP contribution in [-0.2, 0) is 6.54 Å². The molecule has 2 nitrogen and oxygen atoms in total. The zero-order valence-corrected chi connectivity index (χ0v) is 8.90. The lowest BCUT2D eigenvalue weighted by atomic mass is 10.3. The zero-order chi connectivity index (χ0) is 9.68. The summed E-state index contributed by atoms with van der Waals surface area (Å²) >= 11 is 1.79. The van der Waals surface area contributed by atoms with Crippen molar-refractivity contribution in [1.82, 2.24) is 4.90 Å². The van der Waals surface area contributed by atoms with Gasteiger partial charge in [-0.1, -0.05) is 0 Å². The monoisotopic (exact) mass is 194 g/mol. The third kappa shape index (κ3) is 3.17. The second-order valence-electron chi connectivity index (χ2n) is 3.17. The van der Waals surface area contributed by atoms with Crippen LogP contribution in [0.15, 0.2) is 11.4 Å². The van der Waals surface area contributed by atoms with E-state index in [1.807, 2.05) is 0 Å². The van der Waals surface area contributed by atoms with E-state index < -0.39 is 0 Å². The Bertz CT molecular complexity index is 298. The highest BCUT2D eigenvalue weighted by Gasteiger charge is 2.03. The Morgan fingerprint density at radius 1 is 1.62 bits per heavy atom. The van der Waals surface area contributed by atoms with E-state index in [9.17, 15) is 0 Å². The van der Waals surface area contributed by atoms with E-state index in [1.54, 1.807) is 11.3 Å². The van der Waals surface area contributed by atoms with Crippen LogP contribution in [0, 0.1) is 18.3 Å². The number of nitriles is 1. The maximum Gasteiger partial charge on any atom is 0.0635 e. The van der Waals surface area contributed by atoms with Crippen molar-refractivity contribution >= 4 is 11.3 Å². The van der Waals surface area contributed by atoms with Crippen molar-refractivity contribution in [2.75, 3.05) is 13.6 Å². The van der Waals surface area contributed by atoms with Crippen LogP contribution in [-0.4, -0.2) is 18.5 Å². The Hall–Kier alpha value is -0.850. The first kappa shape index (κ1) is 10.2. The Morgan fingerprint density at radius 2 is 2.38 bits per heavy atom. The summed E-state index contributed by atoms with van der Waals surface area (Å²) in [6, 6.07) is 4.29. The van der Waals surface area contributed by atoms with Crippen molar-refractivity contribution in [3.63, 3.8) is 0 Å². The molecule has 0 fully saturated rings. The van der Waals surface area contributed by atoms with Crippen LogP contribution in [0.1, 0.15) is 16.9 Å². The van der Waals surface area contributed by atoms with Crippen LogP contribution in [0.5, 0.6) is 0 Å². The minimum absolute atomic E-state index is 0.612.